The Hall–Kier alpha value is -1.71. The van der Waals surface area contributed by atoms with Crippen LogP contribution in [0.2, 0.25) is 0 Å². The highest BCUT2D eigenvalue weighted by Crippen LogP contribution is 2.10. The van der Waals surface area contributed by atoms with Gasteiger partial charge in [-0.3, -0.25) is 4.68 Å². The van der Waals surface area contributed by atoms with Crippen LogP contribution in [0, 0.1) is 17.6 Å². The van der Waals surface area contributed by atoms with Crippen molar-refractivity contribution in [2.75, 3.05) is 13.1 Å². The number of nitrogens with zero attached hydrogens (tertiary/aromatic N) is 3. The molecule has 0 aliphatic rings. The molecule has 2 N–H and O–H groups in total. The molecule has 0 amide bonds. The molecule has 2 rings (SSSR count). The van der Waals surface area contributed by atoms with Crippen LogP contribution in [0.25, 0.3) is 0 Å². The maximum atomic E-state index is 13.6. The van der Waals surface area contributed by atoms with Crippen LogP contribution in [0.15, 0.2) is 41.7 Å². The molecule has 1 atom stereocenters. The molecule has 25 heavy (non-hydrogen) atoms. The largest absolute Gasteiger partial charge is 0.357 e. The van der Waals surface area contributed by atoms with Gasteiger partial charge in [0.1, 0.15) is 11.6 Å². The smallest absolute Gasteiger partial charge is 0.191 e. The van der Waals surface area contributed by atoms with Crippen molar-refractivity contribution in [2.24, 2.45) is 10.9 Å². The summed E-state index contributed by atoms with van der Waals surface area (Å²) < 4.78 is 28.7. The summed E-state index contributed by atoms with van der Waals surface area (Å²) in [5.41, 5.74) is 0.233. The first kappa shape index (κ1) is 21.3. The monoisotopic (exact) mass is 463 g/mol. The fourth-order valence-electron chi connectivity index (χ4n) is 2.23. The van der Waals surface area contributed by atoms with Gasteiger partial charge in [0, 0.05) is 37.6 Å². The maximum Gasteiger partial charge on any atom is 0.191 e. The third-order valence-corrected chi connectivity index (χ3v) is 3.44. The van der Waals surface area contributed by atoms with Gasteiger partial charge in [0.05, 0.1) is 6.54 Å². The Kier molecular flexibility index (Phi) is 9.40. The molecular weight excluding hydrogens is 439 g/mol. The predicted octanol–water partition coefficient (Wildman–Crippen LogP) is 3.17. The number of aliphatic imine (C=N–C) groups is 1. The van der Waals surface area contributed by atoms with Gasteiger partial charge in [-0.2, -0.15) is 5.10 Å². The number of benzene rings is 1. The minimum absolute atomic E-state index is 0. The number of rotatable bonds is 7. The summed E-state index contributed by atoms with van der Waals surface area (Å²) in [6.45, 7) is 6.30. The van der Waals surface area contributed by atoms with Crippen molar-refractivity contribution in [2.45, 2.75) is 26.9 Å². The molecule has 1 heterocycles. The topological polar surface area (TPSA) is 54.2 Å². The van der Waals surface area contributed by atoms with E-state index in [1.54, 1.807) is 6.20 Å². The average Bonchev–Trinajstić information content (AvgIpc) is 3.06. The lowest BCUT2D eigenvalue weighted by Gasteiger charge is -2.16. The Morgan fingerprint density at radius 2 is 2.12 bits per heavy atom. The molecule has 0 saturated carbocycles. The molecule has 0 spiro atoms. The molecule has 0 aliphatic carbocycles. The lowest BCUT2D eigenvalue weighted by atomic mass is 10.2. The van der Waals surface area contributed by atoms with Gasteiger partial charge >= 0.3 is 0 Å². The van der Waals surface area contributed by atoms with Crippen LogP contribution in [0.1, 0.15) is 19.4 Å². The molecule has 8 heteroatoms. The van der Waals surface area contributed by atoms with Gasteiger partial charge in [-0.05, 0) is 37.1 Å². The third kappa shape index (κ3) is 7.37. The Labute approximate surface area is 163 Å². The van der Waals surface area contributed by atoms with Gasteiger partial charge in [0.15, 0.2) is 5.96 Å². The normalized spacial score (nSPS) is 12.4. The van der Waals surface area contributed by atoms with Crippen LogP contribution in [0.4, 0.5) is 8.78 Å². The van der Waals surface area contributed by atoms with Gasteiger partial charge in [-0.15, -0.1) is 24.0 Å². The lowest BCUT2D eigenvalue weighted by Crippen LogP contribution is -2.40. The van der Waals surface area contributed by atoms with E-state index in [4.69, 9.17) is 0 Å². The quantitative estimate of drug-likeness (QED) is 0.377. The molecule has 138 valence electrons. The summed E-state index contributed by atoms with van der Waals surface area (Å²) in [6, 6.07) is 5.28. The standard InChI is InChI=1S/C17H23F2N5.HI/c1-3-20-17(21-10-13(2)12-24-8-4-7-23-24)22-11-14-9-15(18)5-6-16(14)19;/h4-9,13H,3,10-12H2,1-2H3,(H2,20,21,22);1H. The summed E-state index contributed by atoms with van der Waals surface area (Å²) in [6.07, 6.45) is 3.67. The molecule has 0 radical (unpaired) electrons. The van der Waals surface area contributed by atoms with E-state index in [2.05, 4.69) is 27.6 Å². The van der Waals surface area contributed by atoms with Crippen molar-refractivity contribution >= 4 is 29.9 Å². The molecule has 0 saturated heterocycles. The molecule has 1 aromatic heterocycles. The van der Waals surface area contributed by atoms with Crippen molar-refractivity contribution in [1.82, 2.24) is 20.4 Å². The van der Waals surface area contributed by atoms with Crippen LogP contribution in [-0.4, -0.2) is 28.8 Å². The zero-order valence-electron chi connectivity index (χ0n) is 14.4. The van der Waals surface area contributed by atoms with E-state index in [-0.39, 0.29) is 36.1 Å². The first-order chi connectivity index (χ1) is 11.6. The van der Waals surface area contributed by atoms with Crippen LogP contribution in [0.3, 0.4) is 0 Å². The fraction of sp³-hybridized carbons (Fsp3) is 0.412. The fourth-order valence-corrected chi connectivity index (χ4v) is 2.23. The first-order valence-electron chi connectivity index (χ1n) is 8.02. The highest BCUT2D eigenvalue weighted by atomic mass is 127. The van der Waals surface area contributed by atoms with E-state index in [1.165, 1.54) is 6.07 Å². The van der Waals surface area contributed by atoms with Crippen molar-refractivity contribution in [3.63, 3.8) is 0 Å². The summed E-state index contributed by atoms with van der Waals surface area (Å²) in [4.78, 5) is 4.32. The van der Waals surface area contributed by atoms with Gasteiger partial charge in [0.2, 0.25) is 0 Å². The Balaban J connectivity index is 0.00000312. The highest BCUT2D eigenvalue weighted by Gasteiger charge is 2.07. The number of hydrogen-bond donors (Lipinski definition) is 2. The average molecular weight is 463 g/mol. The lowest BCUT2D eigenvalue weighted by molar-refractivity contribution is 0.443. The van der Waals surface area contributed by atoms with E-state index in [1.807, 2.05) is 23.9 Å². The predicted molar refractivity (Wildman–Crippen MR) is 106 cm³/mol. The second-order valence-electron chi connectivity index (χ2n) is 5.65. The summed E-state index contributed by atoms with van der Waals surface area (Å²) >= 11 is 0. The van der Waals surface area contributed by atoms with Crippen molar-refractivity contribution in [3.8, 4) is 0 Å². The summed E-state index contributed by atoms with van der Waals surface area (Å²) in [7, 11) is 0. The van der Waals surface area contributed by atoms with E-state index < -0.39 is 11.6 Å². The second kappa shape index (κ2) is 11.0. The van der Waals surface area contributed by atoms with Gasteiger partial charge in [-0.1, -0.05) is 6.92 Å². The maximum absolute atomic E-state index is 13.6. The zero-order valence-corrected chi connectivity index (χ0v) is 16.7. The Morgan fingerprint density at radius 3 is 2.80 bits per heavy atom. The van der Waals surface area contributed by atoms with Gasteiger partial charge in [-0.25, -0.2) is 13.8 Å². The van der Waals surface area contributed by atoms with Gasteiger partial charge in [0.25, 0.3) is 0 Å². The van der Waals surface area contributed by atoms with Crippen LogP contribution in [-0.2, 0) is 13.1 Å². The van der Waals surface area contributed by atoms with Crippen LogP contribution >= 0.6 is 24.0 Å². The molecule has 5 nitrogen and oxygen atoms in total. The molecule has 1 aromatic carbocycles. The number of guanidine groups is 1. The zero-order chi connectivity index (χ0) is 17.4. The minimum Gasteiger partial charge on any atom is -0.357 e. The summed E-state index contributed by atoms with van der Waals surface area (Å²) in [5.74, 6) is -0.0106. The first-order valence-corrected chi connectivity index (χ1v) is 8.02. The molecule has 0 fully saturated rings. The number of aromatic nitrogens is 2. The Bertz CT molecular complexity index is 661. The van der Waals surface area contributed by atoms with Crippen molar-refractivity contribution < 1.29 is 8.78 Å². The van der Waals surface area contributed by atoms with E-state index in [0.717, 1.165) is 18.7 Å². The number of hydrogen-bond acceptors (Lipinski definition) is 2. The van der Waals surface area contributed by atoms with Gasteiger partial charge < -0.3 is 10.6 Å². The molecule has 1 unspecified atom stereocenters. The Morgan fingerprint density at radius 1 is 1.32 bits per heavy atom. The van der Waals surface area contributed by atoms with Crippen LogP contribution < -0.4 is 10.6 Å². The van der Waals surface area contributed by atoms with Crippen molar-refractivity contribution in [1.29, 1.82) is 0 Å². The molecule has 0 aliphatic heterocycles. The van der Waals surface area contributed by atoms with E-state index in [9.17, 15) is 8.78 Å². The second-order valence-corrected chi connectivity index (χ2v) is 5.65. The minimum atomic E-state index is -0.465. The van der Waals surface area contributed by atoms with E-state index in [0.29, 0.717) is 25.0 Å². The van der Waals surface area contributed by atoms with E-state index >= 15 is 0 Å². The SMILES string of the molecule is CCNC(=NCc1cc(F)ccc1F)NCC(C)Cn1cccn1.I. The number of nitrogens with one attached hydrogen (secondary N) is 2. The van der Waals surface area contributed by atoms with Crippen LogP contribution in [0.5, 0.6) is 0 Å². The molecule has 0 bridgehead atoms. The summed E-state index contributed by atoms with van der Waals surface area (Å²) in [5, 5.41) is 10.5. The highest BCUT2D eigenvalue weighted by molar-refractivity contribution is 14.0. The molecule has 2 aromatic rings. The molecular formula is C17H24F2IN5. The van der Waals surface area contributed by atoms with Crippen molar-refractivity contribution in [3.05, 3.63) is 53.9 Å². The third-order valence-electron chi connectivity index (χ3n) is 3.44. The number of halogens is 3.